The third-order valence-electron chi connectivity index (χ3n) is 4.15. The van der Waals surface area contributed by atoms with Crippen molar-refractivity contribution in [2.45, 2.75) is 37.5 Å². The van der Waals surface area contributed by atoms with Crippen LogP contribution in [-0.2, 0) is 22.7 Å². The first-order valence-electron chi connectivity index (χ1n) is 8.21. The molecule has 0 bridgehead atoms. The van der Waals surface area contributed by atoms with Crippen LogP contribution in [0.5, 0.6) is 0 Å². The van der Waals surface area contributed by atoms with Gasteiger partial charge in [-0.3, -0.25) is 0 Å². The monoisotopic (exact) mass is 397 g/mol. The highest BCUT2D eigenvalue weighted by Gasteiger charge is 2.30. The molecule has 3 rings (SSSR count). The molecule has 2 aromatic heterocycles. The van der Waals surface area contributed by atoms with Crippen LogP contribution < -0.4 is 4.72 Å². The minimum atomic E-state index is -4.43. The number of halogens is 3. The smallest absolute Gasteiger partial charge is 0.329 e. The summed E-state index contributed by atoms with van der Waals surface area (Å²) in [5.41, 5.74) is 0.208. The Labute approximate surface area is 154 Å². The number of fused-ring (bicyclic) bond motifs is 1. The Balaban J connectivity index is 1.87. The topological polar surface area (TPSA) is 64.0 Å². The summed E-state index contributed by atoms with van der Waals surface area (Å²) < 4.78 is 67.5. The standard InChI is InChI=1S/C18H18F3N3O2S/c1-12(2)24-11-16(15-4-3-9-22-17(15)24)27(25,26)23-10-13-5-7-14(8-6-13)18(19,20)21/h3-9,11-12,23H,10H2,1-2H3. The van der Waals surface area contributed by atoms with Crippen LogP contribution in [0.1, 0.15) is 31.0 Å². The number of rotatable bonds is 5. The molecule has 0 amide bonds. The van der Waals surface area contributed by atoms with Gasteiger partial charge in [0.05, 0.1) is 5.56 Å². The van der Waals surface area contributed by atoms with Gasteiger partial charge >= 0.3 is 6.18 Å². The second-order valence-corrected chi connectivity index (χ2v) is 8.12. The minimum Gasteiger partial charge on any atom is -0.329 e. The molecular formula is C18H18F3N3O2S. The number of pyridine rings is 1. The summed E-state index contributed by atoms with van der Waals surface area (Å²) in [7, 11) is -3.87. The number of aromatic nitrogens is 2. The molecule has 0 unspecified atom stereocenters. The minimum absolute atomic E-state index is 0.0151. The summed E-state index contributed by atoms with van der Waals surface area (Å²) in [6.07, 6.45) is -1.31. The molecule has 0 radical (unpaired) electrons. The lowest BCUT2D eigenvalue weighted by molar-refractivity contribution is -0.137. The Kier molecular flexibility index (Phi) is 5.00. The quantitative estimate of drug-likeness (QED) is 0.705. The van der Waals surface area contributed by atoms with E-state index in [1.54, 1.807) is 22.9 Å². The van der Waals surface area contributed by atoms with Gasteiger partial charge < -0.3 is 4.57 Å². The lowest BCUT2D eigenvalue weighted by Gasteiger charge is -2.09. The fourth-order valence-corrected chi connectivity index (χ4v) is 3.94. The summed E-state index contributed by atoms with van der Waals surface area (Å²) in [6, 6.07) is 7.71. The molecule has 1 aromatic carbocycles. The van der Waals surface area contributed by atoms with Crippen molar-refractivity contribution in [1.29, 1.82) is 0 Å². The molecule has 0 atom stereocenters. The van der Waals surface area contributed by atoms with Crippen molar-refractivity contribution >= 4 is 21.1 Å². The van der Waals surface area contributed by atoms with Crippen molar-refractivity contribution in [2.75, 3.05) is 0 Å². The summed E-state index contributed by atoms with van der Waals surface area (Å²) in [6.45, 7) is 3.72. The van der Waals surface area contributed by atoms with Gasteiger partial charge in [-0.15, -0.1) is 0 Å². The van der Waals surface area contributed by atoms with E-state index in [2.05, 4.69) is 9.71 Å². The number of hydrogen-bond acceptors (Lipinski definition) is 3. The normalized spacial score (nSPS) is 12.8. The van der Waals surface area contributed by atoms with Crippen LogP contribution in [0.25, 0.3) is 11.0 Å². The molecule has 0 spiro atoms. The van der Waals surface area contributed by atoms with E-state index in [-0.39, 0.29) is 17.5 Å². The number of sulfonamides is 1. The molecular weight excluding hydrogens is 379 g/mol. The van der Waals surface area contributed by atoms with E-state index in [0.29, 0.717) is 16.6 Å². The lowest BCUT2D eigenvalue weighted by atomic mass is 10.1. The fourth-order valence-electron chi connectivity index (χ4n) is 2.73. The number of nitrogens with one attached hydrogen (secondary N) is 1. The average molecular weight is 397 g/mol. The maximum atomic E-state index is 12.7. The highest BCUT2D eigenvalue weighted by atomic mass is 32.2. The maximum Gasteiger partial charge on any atom is 0.416 e. The number of benzene rings is 1. The van der Waals surface area contributed by atoms with Gasteiger partial charge in [0.2, 0.25) is 10.0 Å². The van der Waals surface area contributed by atoms with Gasteiger partial charge in [0, 0.05) is 30.4 Å². The van der Waals surface area contributed by atoms with Gasteiger partial charge in [-0.25, -0.2) is 18.1 Å². The number of nitrogens with zero attached hydrogens (tertiary/aromatic N) is 2. The van der Waals surface area contributed by atoms with Crippen LogP contribution in [0.3, 0.4) is 0 Å². The molecule has 0 fully saturated rings. The Hall–Kier alpha value is -2.39. The van der Waals surface area contributed by atoms with E-state index in [1.165, 1.54) is 18.3 Å². The fraction of sp³-hybridized carbons (Fsp3) is 0.278. The van der Waals surface area contributed by atoms with Crippen LogP contribution in [0, 0.1) is 0 Å². The molecule has 0 aliphatic heterocycles. The molecule has 2 heterocycles. The molecule has 0 saturated heterocycles. The number of hydrogen-bond donors (Lipinski definition) is 1. The van der Waals surface area contributed by atoms with Gasteiger partial charge in [-0.05, 0) is 43.7 Å². The van der Waals surface area contributed by atoms with E-state index in [4.69, 9.17) is 0 Å². The predicted octanol–water partition coefficient (Wildman–Crippen LogP) is 4.11. The van der Waals surface area contributed by atoms with Crippen molar-refractivity contribution in [1.82, 2.24) is 14.3 Å². The first kappa shape index (κ1) is 19.4. The van der Waals surface area contributed by atoms with Crippen LogP contribution in [0.2, 0.25) is 0 Å². The predicted molar refractivity (Wildman–Crippen MR) is 95.6 cm³/mol. The summed E-state index contributed by atoms with van der Waals surface area (Å²) in [4.78, 5) is 4.34. The van der Waals surface area contributed by atoms with Crippen LogP contribution >= 0.6 is 0 Å². The first-order chi connectivity index (χ1) is 12.6. The first-order valence-corrected chi connectivity index (χ1v) is 9.69. The molecule has 0 aliphatic carbocycles. The molecule has 1 N–H and O–H groups in total. The van der Waals surface area contributed by atoms with Crippen LogP contribution in [0.4, 0.5) is 13.2 Å². The van der Waals surface area contributed by atoms with E-state index in [9.17, 15) is 21.6 Å². The average Bonchev–Trinajstić information content (AvgIpc) is 3.00. The highest BCUT2D eigenvalue weighted by Crippen LogP contribution is 2.29. The zero-order valence-corrected chi connectivity index (χ0v) is 15.5. The van der Waals surface area contributed by atoms with Crippen molar-refractivity contribution in [2.24, 2.45) is 0 Å². The molecule has 5 nitrogen and oxygen atoms in total. The second-order valence-electron chi connectivity index (χ2n) is 6.39. The molecule has 0 saturated carbocycles. The van der Waals surface area contributed by atoms with E-state index < -0.39 is 21.8 Å². The van der Waals surface area contributed by atoms with Crippen molar-refractivity contribution in [3.63, 3.8) is 0 Å². The molecule has 3 aromatic rings. The molecule has 0 aliphatic rings. The third-order valence-corrected chi connectivity index (χ3v) is 5.58. The van der Waals surface area contributed by atoms with Gasteiger partial charge in [0.25, 0.3) is 0 Å². The van der Waals surface area contributed by atoms with Gasteiger partial charge in [0.15, 0.2) is 0 Å². The van der Waals surface area contributed by atoms with Gasteiger partial charge in [-0.2, -0.15) is 13.2 Å². The zero-order valence-electron chi connectivity index (χ0n) is 14.7. The zero-order chi connectivity index (χ0) is 19.8. The van der Waals surface area contributed by atoms with Gasteiger partial charge in [0.1, 0.15) is 10.5 Å². The Morgan fingerprint density at radius 2 is 1.81 bits per heavy atom. The second kappa shape index (κ2) is 6.97. The largest absolute Gasteiger partial charge is 0.416 e. The van der Waals surface area contributed by atoms with Crippen molar-refractivity contribution in [3.8, 4) is 0 Å². The SMILES string of the molecule is CC(C)n1cc(S(=O)(=O)NCc2ccc(C(F)(F)F)cc2)c2cccnc21. The van der Waals surface area contributed by atoms with Crippen LogP contribution in [-0.4, -0.2) is 18.0 Å². The number of alkyl halides is 3. The van der Waals surface area contributed by atoms with E-state index in [1.807, 2.05) is 13.8 Å². The van der Waals surface area contributed by atoms with Crippen molar-refractivity contribution in [3.05, 3.63) is 59.9 Å². The van der Waals surface area contributed by atoms with Crippen molar-refractivity contribution < 1.29 is 21.6 Å². The molecule has 144 valence electrons. The molecule has 27 heavy (non-hydrogen) atoms. The maximum absolute atomic E-state index is 12.7. The summed E-state index contributed by atoms with van der Waals surface area (Å²) >= 11 is 0. The Morgan fingerprint density at radius 1 is 1.15 bits per heavy atom. The lowest BCUT2D eigenvalue weighted by Crippen LogP contribution is -2.23. The van der Waals surface area contributed by atoms with Crippen LogP contribution in [0.15, 0.2) is 53.7 Å². The third kappa shape index (κ3) is 3.98. The van der Waals surface area contributed by atoms with E-state index >= 15 is 0 Å². The Morgan fingerprint density at radius 3 is 2.41 bits per heavy atom. The summed E-state index contributed by atoms with van der Waals surface area (Å²) in [5.74, 6) is 0. The molecule has 9 heteroatoms. The highest BCUT2D eigenvalue weighted by molar-refractivity contribution is 7.89. The van der Waals surface area contributed by atoms with Gasteiger partial charge in [-0.1, -0.05) is 12.1 Å². The Bertz CT molecular complexity index is 1060. The summed E-state index contributed by atoms with van der Waals surface area (Å²) in [5, 5.41) is 0.492. The van der Waals surface area contributed by atoms with E-state index in [0.717, 1.165) is 12.1 Å².